The predicted octanol–water partition coefficient (Wildman–Crippen LogP) is 2.38. The van der Waals surface area contributed by atoms with Crippen LogP contribution in [0.3, 0.4) is 0 Å². The third-order valence-electron chi connectivity index (χ3n) is 4.37. The summed E-state index contributed by atoms with van der Waals surface area (Å²) in [7, 11) is 0. The van der Waals surface area contributed by atoms with E-state index in [1.165, 1.54) is 18.3 Å². The average Bonchev–Trinajstić information content (AvgIpc) is 3.27. The van der Waals surface area contributed by atoms with Gasteiger partial charge in [0.05, 0.1) is 10.7 Å². The summed E-state index contributed by atoms with van der Waals surface area (Å²) in [5.41, 5.74) is 0.831. The number of hydrogen-bond donors (Lipinski definition) is 1. The molecule has 4 rings (SSSR count). The Bertz CT molecular complexity index is 883. The van der Waals surface area contributed by atoms with Gasteiger partial charge in [0.15, 0.2) is 5.65 Å². The highest BCUT2D eigenvalue weighted by molar-refractivity contribution is 7.19. The smallest absolute Gasteiger partial charge is 0.223 e. The molecule has 0 radical (unpaired) electrons. The third kappa shape index (κ3) is 3.53. The molecule has 0 bridgehead atoms. The lowest BCUT2D eigenvalue weighted by Crippen LogP contribution is -2.47. The number of anilines is 2. The highest BCUT2D eigenvalue weighted by atomic mass is 32.1. The normalized spacial score (nSPS) is 16.8. The Kier molecular flexibility index (Phi) is 4.79. The monoisotopic (exact) mass is 389 g/mol. The van der Waals surface area contributed by atoms with Crippen LogP contribution in [0, 0.1) is 0 Å². The second kappa shape index (κ2) is 7.22. The number of hydrogen-bond acceptors (Lipinski definition) is 9. The van der Waals surface area contributed by atoms with E-state index in [4.69, 9.17) is 0 Å². The Balaban J connectivity index is 1.39. The number of aromatic nitrogens is 4. The van der Waals surface area contributed by atoms with E-state index in [9.17, 15) is 4.79 Å². The lowest BCUT2D eigenvalue weighted by atomic mass is 10.2. The number of thiazole rings is 1. The SMILES string of the molecule is CC(=O)Nc1nnc(N2CCN([C@@H](C)c3nc4ncccc4s3)CC2)s1. The molecule has 8 nitrogen and oxygen atoms in total. The van der Waals surface area contributed by atoms with Crippen LogP contribution < -0.4 is 10.2 Å². The molecule has 1 N–H and O–H groups in total. The summed E-state index contributed by atoms with van der Waals surface area (Å²) in [6, 6.07) is 4.28. The first kappa shape index (κ1) is 17.3. The van der Waals surface area contributed by atoms with Crippen molar-refractivity contribution >= 4 is 49.2 Å². The molecular formula is C16H19N7OS2. The fourth-order valence-electron chi connectivity index (χ4n) is 2.97. The van der Waals surface area contributed by atoms with E-state index in [0.29, 0.717) is 5.13 Å². The molecule has 1 atom stereocenters. The van der Waals surface area contributed by atoms with Crippen molar-refractivity contribution in [1.29, 1.82) is 0 Å². The number of rotatable bonds is 4. The van der Waals surface area contributed by atoms with Crippen LogP contribution in [0.4, 0.5) is 10.3 Å². The quantitative estimate of drug-likeness (QED) is 0.733. The van der Waals surface area contributed by atoms with Crippen molar-refractivity contribution in [3.05, 3.63) is 23.3 Å². The average molecular weight is 390 g/mol. The topological polar surface area (TPSA) is 87.1 Å². The standard InChI is InChI=1S/C16H19N7OS2/c1-10(14-19-13-12(25-14)4-3-5-17-13)22-6-8-23(9-7-22)16-21-20-15(26-16)18-11(2)24/h3-5,10H,6-9H2,1-2H3,(H,18,20,24)/t10-/m0/s1. The van der Waals surface area contributed by atoms with Crippen molar-refractivity contribution in [1.82, 2.24) is 25.1 Å². The lowest BCUT2D eigenvalue weighted by molar-refractivity contribution is -0.114. The van der Waals surface area contributed by atoms with Crippen molar-refractivity contribution in [2.45, 2.75) is 19.9 Å². The maximum Gasteiger partial charge on any atom is 0.223 e. The Labute approximate surface area is 158 Å². The van der Waals surface area contributed by atoms with Crippen LogP contribution in [0.5, 0.6) is 0 Å². The van der Waals surface area contributed by atoms with E-state index in [1.54, 1.807) is 17.5 Å². The van der Waals surface area contributed by atoms with Gasteiger partial charge in [0.2, 0.25) is 16.2 Å². The van der Waals surface area contributed by atoms with Crippen LogP contribution in [0.1, 0.15) is 24.9 Å². The summed E-state index contributed by atoms with van der Waals surface area (Å²) in [5.74, 6) is -0.128. The Morgan fingerprint density at radius 1 is 1.23 bits per heavy atom. The van der Waals surface area contributed by atoms with Gasteiger partial charge >= 0.3 is 0 Å². The number of carbonyl (C=O) groups excluding carboxylic acids is 1. The Morgan fingerprint density at radius 2 is 2.04 bits per heavy atom. The van der Waals surface area contributed by atoms with E-state index in [-0.39, 0.29) is 11.9 Å². The van der Waals surface area contributed by atoms with Crippen LogP contribution >= 0.6 is 22.7 Å². The molecule has 26 heavy (non-hydrogen) atoms. The zero-order chi connectivity index (χ0) is 18.1. The first-order valence-corrected chi connectivity index (χ1v) is 10.0. The minimum Gasteiger partial charge on any atom is -0.344 e. The van der Waals surface area contributed by atoms with Gasteiger partial charge < -0.3 is 10.2 Å². The Morgan fingerprint density at radius 3 is 2.77 bits per heavy atom. The highest BCUT2D eigenvalue weighted by Gasteiger charge is 2.26. The van der Waals surface area contributed by atoms with Crippen LogP contribution in [-0.2, 0) is 4.79 Å². The molecule has 0 saturated carbocycles. The summed E-state index contributed by atoms with van der Waals surface area (Å²) in [6.45, 7) is 7.29. The van der Waals surface area contributed by atoms with E-state index in [1.807, 2.05) is 6.07 Å². The van der Waals surface area contributed by atoms with E-state index in [2.05, 4.69) is 48.3 Å². The van der Waals surface area contributed by atoms with E-state index >= 15 is 0 Å². The van der Waals surface area contributed by atoms with E-state index < -0.39 is 0 Å². The number of pyridine rings is 1. The van der Waals surface area contributed by atoms with Gasteiger partial charge in [0.1, 0.15) is 5.01 Å². The zero-order valence-corrected chi connectivity index (χ0v) is 16.2. The van der Waals surface area contributed by atoms with Crippen LogP contribution in [-0.4, -0.2) is 57.2 Å². The summed E-state index contributed by atoms with van der Waals surface area (Å²) in [4.78, 5) is 24.8. The second-order valence-corrected chi connectivity index (χ2v) is 8.17. The van der Waals surface area contributed by atoms with Gasteiger partial charge in [-0.2, -0.15) is 0 Å². The molecule has 136 valence electrons. The molecule has 0 aliphatic carbocycles. The maximum atomic E-state index is 11.1. The highest BCUT2D eigenvalue weighted by Crippen LogP contribution is 2.30. The fraction of sp³-hybridized carbons (Fsp3) is 0.438. The fourth-order valence-corrected chi connectivity index (χ4v) is 4.82. The van der Waals surface area contributed by atoms with Crippen LogP contribution in [0.2, 0.25) is 0 Å². The first-order chi connectivity index (χ1) is 12.6. The second-order valence-electron chi connectivity index (χ2n) is 6.15. The molecule has 0 aromatic carbocycles. The first-order valence-electron chi connectivity index (χ1n) is 8.41. The summed E-state index contributed by atoms with van der Waals surface area (Å²) in [5, 5.41) is 13.4. The number of fused-ring (bicyclic) bond motifs is 1. The number of nitrogens with one attached hydrogen (secondary N) is 1. The van der Waals surface area contributed by atoms with E-state index in [0.717, 1.165) is 46.7 Å². The number of carbonyl (C=O) groups is 1. The summed E-state index contributed by atoms with van der Waals surface area (Å²) in [6.07, 6.45) is 1.78. The largest absolute Gasteiger partial charge is 0.344 e. The molecule has 0 unspecified atom stereocenters. The van der Waals surface area contributed by atoms with Crippen LogP contribution in [0.15, 0.2) is 18.3 Å². The molecule has 1 saturated heterocycles. The molecule has 1 aliphatic rings. The molecule has 4 heterocycles. The molecule has 3 aromatic heterocycles. The van der Waals surface area contributed by atoms with Crippen LogP contribution in [0.25, 0.3) is 10.3 Å². The molecule has 1 amide bonds. The van der Waals surface area contributed by atoms with Gasteiger partial charge in [-0.25, -0.2) is 9.97 Å². The third-order valence-corrected chi connectivity index (χ3v) is 6.45. The van der Waals surface area contributed by atoms with Gasteiger partial charge in [-0.1, -0.05) is 11.3 Å². The maximum absolute atomic E-state index is 11.1. The summed E-state index contributed by atoms with van der Waals surface area (Å²) >= 11 is 3.13. The van der Waals surface area contributed by atoms with Gasteiger partial charge in [-0.05, 0) is 19.1 Å². The summed E-state index contributed by atoms with van der Waals surface area (Å²) < 4.78 is 1.13. The Hall–Kier alpha value is -2.17. The number of nitrogens with zero attached hydrogens (tertiary/aromatic N) is 6. The van der Waals surface area contributed by atoms with Gasteiger partial charge in [-0.3, -0.25) is 9.69 Å². The molecule has 1 aliphatic heterocycles. The predicted molar refractivity (Wildman–Crippen MR) is 104 cm³/mol. The lowest BCUT2D eigenvalue weighted by Gasteiger charge is -2.37. The van der Waals surface area contributed by atoms with Crippen molar-refractivity contribution in [3.8, 4) is 0 Å². The van der Waals surface area contributed by atoms with Crippen molar-refractivity contribution in [2.24, 2.45) is 0 Å². The van der Waals surface area contributed by atoms with Gasteiger partial charge in [0.25, 0.3) is 0 Å². The number of amides is 1. The zero-order valence-electron chi connectivity index (χ0n) is 14.5. The van der Waals surface area contributed by atoms with Crippen molar-refractivity contribution in [3.63, 3.8) is 0 Å². The molecule has 10 heteroatoms. The van der Waals surface area contributed by atoms with Gasteiger partial charge in [-0.15, -0.1) is 21.5 Å². The molecular weight excluding hydrogens is 370 g/mol. The van der Waals surface area contributed by atoms with Gasteiger partial charge in [0, 0.05) is 39.3 Å². The van der Waals surface area contributed by atoms with Crippen molar-refractivity contribution < 1.29 is 4.79 Å². The van der Waals surface area contributed by atoms with Crippen molar-refractivity contribution in [2.75, 3.05) is 36.4 Å². The molecule has 1 fully saturated rings. The minimum absolute atomic E-state index is 0.128. The number of piperazine rings is 1. The minimum atomic E-state index is -0.128. The molecule has 3 aromatic rings. The molecule has 0 spiro atoms.